The molecule has 1 saturated heterocycles. The molecule has 1 aliphatic rings. The summed E-state index contributed by atoms with van der Waals surface area (Å²) in [6, 6.07) is 13.7. The van der Waals surface area contributed by atoms with Gasteiger partial charge in [0.25, 0.3) is 0 Å². The van der Waals surface area contributed by atoms with Crippen molar-refractivity contribution >= 4 is 46.2 Å². The Hall–Kier alpha value is -2.90. The number of aromatic nitrogens is 2. The zero-order chi connectivity index (χ0) is 23.7. The van der Waals surface area contributed by atoms with Gasteiger partial charge in [0, 0.05) is 36.2 Å². The predicted octanol–water partition coefficient (Wildman–Crippen LogP) is 5.89. The van der Waals surface area contributed by atoms with Gasteiger partial charge in [-0.15, -0.1) is 0 Å². The van der Waals surface area contributed by atoms with E-state index in [0.29, 0.717) is 21.9 Å². The van der Waals surface area contributed by atoms with Crippen LogP contribution in [-0.4, -0.2) is 20.6 Å². The van der Waals surface area contributed by atoms with E-state index in [2.05, 4.69) is 57.4 Å². The van der Waals surface area contributed by atoms with Crippen LogP contribution < -0.4 is 15.5 Å². The second-order valence-electron chi connectivity index (χ2n) is 8.79. The lowest BCUT2D eigenvalue weighted by atomic mass is 9.98. The first-order chi connectivity index (χ1) is 15.8. The number of hydrogen-bond acceptors (Lipinski definition) is 3. The highest BCUT2D eigenvalue weighted by molar-refractivity contribution is 7.80. The lowest BCUT2D eigenvalue weighted by molar-refractivity contribution is -0.118. The highest BCUT2D eigenvalue weighted by Gasteiger charge is 2.41. The number of rotatable bonds is 6. The van der Waals surface area contributed by atoms with Gasteiger partial charge < -0.3 is 20.1 Å². The van der Waals surface area contributed by atoms with Gasteiger partial charge in [0.1, 0.15) is 0 Å². The van der Waals surface area contributed by atoms with Crippen LogP contribution in [0.25, 0.3) is 0 Å². The smallest absolute Gasteiger partial charge is 0.226 e. The van der Waals surface area contributed by atoms with Gasteiger partial charge in [-0.3, -0.25) is 9.78 Å². The Bertz CT molecular complexity index is 1160. The second-order valence-corrected chi connectivity index (χ2v) is 9.58. The van der Waals surface area contributed by atoms with Gasteiger partial charge in [-0.2, -0.15) is 0 Å². The van der Waals surface area contributed by atoms with E-state index in [1.807, 2.05) is 50.2 Å². The summed E-state index contributed by atoms with van der Waals surface area (Å²) in [6.07, 6.45) is 6.04. The van der Waals surface area contributed by atoms with Crippen molar-refractivity contribution in [3.05, 3.63) is 77.3 Å². The largest absolute Gasteiger partial charge is 0.351 e. The molecule has 33 heavy (non-hydrogen) atoms. The highest BCUT2D eigenvalue weighted by atomic mass is 35.5. The molecule has 0 saturated carbocycles. The van der Waals surface area contributed by atoms with E-state index in [-0.39, 0.29) is 23.9 Å². The second kappa shape index (κ2) is 9.53. The fourth-order valence-electron chi connectivity index (χ4n) is 3.93. The van der Waals surface area contributed by atoms with Crippen molar-refractivity contribution < 1.29 is 4.79 Å². The molecule has 2 atom stereocenters. The SMILES string of the molecule is CC(C)C(=O)Nc1ccc(N2C(=S)NC(c3ccccn3)C2c2ccn(C(C)C)c2)cc1Cl. The number of thiocarbonyl (C=S) groups is 1. The summed E-state index contributed by atoms with van der Waals surface area (Å²) in [4.78, 5) is 18.8. The predicted molar refractivity (Wildman–Crippen MR) is 138 cm³/mol. The number of halogens is 1. The fourth-order valence-corrected chi connectivity index (χ4v) is 4.50. The van der Waals surface area contributed by atoms with Gasteiger partial charge in [0.2, 0.25) is 5.91 Å². The third kappa shape index (κ3) is 4.75. The molecule has 6 nitrogen and oxygen atoms in total. The number of nitrogens with one attached hydrogen (secondary N) is 2. The molecule has 172 valence electrons. The standard InChI is InChI=1S/C25H28ClN5OS/c1-15(2)24(32)28-20-9-8-18(13-19(20)26)31-23(17-10-12-30(14-17)16(3)4)22(29-25(31)33)21-7-5-6-11-27-21/h5-16,22-23H,1-4H3,(H,28,32)(H,29,33). The maximum Gasteiger partial charge on any atom is 0.226 e. The normalized spacial score (nSPS) is 18.2. The zero-order valence-corrected chi connectivity index (χ0v) is 20.7. The summed E-state index contributed by atoms with van der Waals surface area (Å²) in [6.45, 7) is 7.99. The Balaban J connectivity index is 1.74. The summed E-state index contributed by atoms with van der Waals surface area (Å²) < 4.78 is 2.18. The molecular weight excluding hydrogens is 454 g/mol. The van der Waals surface area contributed by atoms with Crippen LogP contribution in [0.5, 0.6) is 0 Å². The number of nitrogens with zero attached hydrogens (tertiary/aromatic N) is 3. The molecule has 3 heterocycles. The molecular formula is C25H28ClN5OS. The molecule has 0 spiro atoms. The topological polar surface area (TPSA) is 62.2 Å². The molecule has 2 aromatic heterocycles. The average molecular weight is 482 g/mol. The summed E-state index contributed by atoms with van der Waals surface area (Å²) >= 11 is 12.4. The maximum absolute atomic E-state index is 12.1. The van der Waals surface area contributed by atoms with Crippen molar-refractivity contribution in [1.29, 1.82) is 0 Å². The number of carbonyl (C=O) groups is 1. The minimum Gasteiger partial charge on any atom is -0.351 e. The van der Waals surface area contributed by atoms with Gasteiger partial charge in [-0.05, 0) is 68.0 Å². The first-order valence-electron chi connectivity index (χ1n) is 11.0. The molecule has 0 aliphatic carbocycles. The molecule has 8 heteroatoms. The van der Waals surface area contributed by atoms with Crippen molar-refractivity contribution in [2.45, 2.75) is 45.8 Å². The molecule has 2 unspecified atom stereocenters. The molecule has 0 radical (unpaired) electrons. The van der Waals surface area contributed by atoms with Gasteiger partial charge in [0.15, 0.2) is 5.11 Å². The Morgan fingerprint density at radius 3 is 2.58 bits per heavy atom. The Kier molecular flexibility index (Phi) is 6.72. The first kappa shape index (κ1) is 23.3. The maximum atomic E-state index is 12.1. The van der Waals surface area contributed by atoms with Crippen LogP contribution in [0.3, 0.4) is 0 Å². The van der Waals surface area contributed by atoms with Crippen molar-refractivity contribution in [3.63, 3.8) is 0 Å². The van der Waals surface area contributed by atoms with Crippen molar-refractivity contribution in [2.24, 2.45) is 5.92 Å². The molecule has 1 aromatic carbocycles. The van der Waals surface area contributed by atoms with E-state index in [1.54, 1.807) is 6.20 Å². The number of hydrogen-bond donors (Lipinski definition) is 2. The van der Waals surface area contributed by atoms with Crippen LogP contribution in [0, 0.1) is 5.92 Å². The number of anilines is 2. The van der Waals surface area contributed by atoms with Crippen LogP contribution in [0.4, 0.5) is 11.4 Å². The zero-order valence-electron chi connectivity index (χ0n) is 19.1. The highest BCUT2D eigenvalue weighted by Crippen LogP contribution is 2.43. The van der Waals surface area contributed by atoms with Crippen molar-refractivity contribution in [3.8, 4) is 0 Å². The van der Waals surface area contributed by atoms with E-state index in [0.717, 1.165) is 16.9 Å². The Labute approximate surface area is 205 Å². The molecule has 1 amide bonds. The van der Waals surface area contributed by atoms with Crippen molar-refractivity contribution in [2.75, 3.05) is 10.2 Å². The molecule has 4 rings (SSSR count). The minimum absolute atomic E-state index is 0.0777. The van der Waals surface area contributed by atoms with Crippen LogP contribution in [-0.2, 0) is 4.79 Å². The van der Waals surface area contributed by atoms with Gasteiger partial charge >= 0.3 is 0 Å². The third-order valence-corrected chi connectivity index (χ3v) is 6.41. The molecule has 1 fully saturated rings. The number of benzene rings is 1. The lowest BCUT2D eigenvalue weighted by Crippen LogP contribution is -2.29. The van der Waals surface area contributed by atoms with E-state index in [9.17, 15) is 4.79 Å². The van der Waals surface area contributed by atoms with Gasteiger partial charge in [-0.25, -0.2) is 0 Å². The van der Waals surface area contributed by atoms with Gasteiger partial charge in [0.05, 0.1) is 28.5 Å². The number of pyridine rings is 1. The Morgan fingerprint density at radius 1 is 1.18 bits per heavy atom. The van der Waals surface area contributed by atoms with Crippen LogP contribution in [0.15, 0.2) is 61.1 Å². The molecule has 1 aliphatic heterocycles. The summed E-state index contributed by atoms with van der Waals surface area (Å²) in [5.41, 5.74) is 3.47. The van der Waals surface area contributed by atoms with E-state index in [4.69, 9.17) is 23.8 Å². The quantitative estimate of drug-likeness (QED) is 0.430. The molecule has 0 bridgehead atoms. The van der Waals surface area contributed by atoms with Crippen molar-refractivity contribution in [1.82, 2.24) is 14.9 Å². The van der Waals surface area contributed by atoms with E-state index in [1.165, 1.54) is 0 Å². The number of carbonyl (C=O) groups excluding carboxylic acids is 1. The fraction of sp³-hybridized carbons (Fsp3) is 0.320. The summed E-state index contributed by atoms with van der Waals surface area (Å²) in [5, 5.41) is 7.40. The first-order valence-corrected chi connectivity index (χ1v) is 11.8. The summed E-state index contributed by atoms with van der Waals surface area (Å²) in [7, 11) is 0. The van der Waals surface area contributed by atoms with E-state index >= 15 is 0 Å². The van der Waals surface area contributed by atoms with Crippen LogP contribution in [0.1, 0.15) is 57.1 Å². The van der Waals surface area contributed by atoms with Crippen LogP contribution in [0.2, 0.25) is 5.02 Å². The Morgan fingerprint density at radius 2 is 1.97 bits per heavy atom. The van der Waals surface area contributed by atoms with Crippen LogP contribution >= 0.6 is 23.8 Å². The van der Waals surface area contributed by atoms with Gasteiger partial charge in [-0.1, -0.05) is 31.5 Å². The number of amides is 1. The third-order valence-electron chi connectivity index (χ3n) is 5.79. The van der Waals surface area contributed by atoms with E-state index < -0.39 is 0 Å². The molecule has 2 N–H and O–H groups in total. The average Bonchev–Trinajstić information content (AvgIpc) is 3.40. The minimum atomic E-state index is -0.135. The monoisotopic (exact) mass is 481 g/mol. The molecule has 3 aromatic rings. The lowest BCUT2D eigenvalue weighted by Gasteiger charge is -2.28. The summed E-state index contributed by atoms with van der Waals surface area (Å²) in [5.74, 6) is -0.212.